The van der Waals surface area contributed by atoms with Gasteiger partial charge in [-0.05, 0) is 44.0 Å². The molecule has 1 aromatic carbocycles. The highest BCUT2D eigenvalue weighted by Gasteiger charge is 2.05. The number of pyridine rings is 1. The van der Waals surface area contributed by atoms with Gasteiger partial charge >= 0.3 is 0 Å². The summed E-state index contributed by atoms with van der Waals surface area (Å²) in [4.78, 5) is 4.33. The van der Waals surface area contributed by atoms with Crippen LogP contribution in [0.1, 0.15) is 22.4 Å². The van der Waals surface area contributed by atoms with Crippen LogP contribution in [-0.4, -0.2) is 4.98 Å². The number of hydrogen-bond acceptors (Lipinski definition) is 2. The Morgan fingerprint density at radius 2 is 1.80 bits per heavy atom. The lowest BCUT2D eigenvalue weighted by atomic mass is 10.0. The number of rotatable bonds is 0. The molecule has 15 heavy (non-hydrogen) atoms. The highest BCUT2D eigenvalue weighted by atomic mass is 14.7. The first-order valence-electron chi connectivity index (χ1n) is 4.90. The van der Waals surface area contributed by atoms with Crippen molar-refractivity contribution >= 4 is 10.9 Å². The molecule has 0 amide bonds. The van der Waals surface area contributed by atoms with E-state index in [1.165, 1.54) is 5.56 Å². The second-order valence-corrected chi connectivity index (χ2v) is 3.91. The monoisotopic (exact) mass is 196 g/mol. The van der Waals surface area contributed by atoms with Gasteiger partial charge < -0.3 is 0 Å². The van der Waals surface area contributed by atoms with Crippen molar-refractivity contribution in [2.75, 3.05) is 0 Å². The molecule has 0 saturated carbocycles. The summed E-state index contributed by atoms with van der Waals surface area (Å²) in [5.74, 6) is 0. The zero-order chi connectivity index (χ0) is 11.0. The Labute approximate surface area is 89.2 Å². The summed E-state index contributed by atoms with van der Waals surface area (Å²) in [6.45, 7) is 6.12. The van der Waals surface area contributed by atoms with Crippen LogP contribution in [0.4, 0.5) is 0 Å². The van der Waals surface area contributed by atoms with Gasteiger partial charge in [0, 0.05) is 5.39 Å². The molecular formula is C13H12N2. The highest BCUT2D eigenvalue weighted by Crippen LogP contribution is 2.22. The summed E-state index contributed by atoms with van der Waals surface area (Å²) in [6, 6.07) is 8.14. The van der Waals surface area contributed by atoms with Crippen LogP contribution in [0.15, 0.2) is 18.2 Å². The van der Waals surface area contributed by atoms with Crippen LogP contribution in [0, 0.1) is 32.1 Å². The summed E-state index contributed by atoms with van der Waals surface area (Å²) >= 11 is 0. The molecule has 0 unspecified atom stereocenters. The molecule has 1 aromatic heterocycles. The van der Waals surface area contributed by atoms with Crippen LogP contribution in [-0.2, 0) is 0 Å². The number of nitrogens with zero attached hydrogens (tertiary/aromatic N) is 2. The van der Waals surface area contributed by atoms with E-state index < -0.39 is 0 Å². The fourth-order valence-electron chi connectivity index (χ4n) is 1.90. The number of nitriles is 1. The van der Waals surface area contributed by atoms with Crippen molar-refractivity contribution in [1.82, 2.24) is 4.98 Å². The molecule has 2 nitrogen and oxygen atoms in total. The molecule has 0 aliphatic heterocycles. The fourth-order valence-corrected chi connectivity index (χ4v) is 1.90. The number of aromatic nitrogens is 1. The minimum Gasteiger partial charge on any atom is -0.237 e. The third-order valence-electron chi connectivity index (χ3n) is 2.57. The predicted molar refractivity (Wildman–Crippen MR) is 60.7 cm³/mol. The maximum absolute atomic E-state index is 8.85. The Morgan fingerprint density at radius 3 is 2.47 bits per heavy atom. The van der Waals surface area contributed by atoms with E-state index in [0.717, 1.165) is 22.0 Å². The van der Waals surface area contributed by atoms with Crippen LogP contribution < -0.4 is 0 Å². The summed E-state index contributed by atoms with van der Waals surface area (Å²) in [5, 5.41) is 10.00. The number of fused-ring (bicyclic) bond motifs is 1. The van der Waals surface area contributed by atoms with E-state index >= 15 is 0 Å². The Morgan fingerprint density at radius 1 is 1.07 bits per heavy atom. The molecule has 0 radical (unpaired) electrons. The average Bonchev–Trinajstić information content (AvgIpc) is 2.19. The van der Waals surface area contributed by atoms with E-state index in [1.807, 2.05) is 19.9 Å². The maximum atomic E-state index is 8.85. The van der Waals surface area contributed by atoms with Crippen molar-refractivity contribution in [3.8, 4) is 6.07 Å². The molecule has 0 spiro atoms. The van der Waals surface area contributed by atoms with E-state index in [9.17, 15) is 0 Å². The number of hydrogen-bond donors (Lipinski definition) is 0. The number of benzene rings is 1. The van der Waals surface area contributed by atoms with Crippen molar-refractivity contribution in [3.05, 3.63) is 40.6 Å². The summed E-state index contributed by atoms with van der Waals surface area (Å²) in [5.41, 5.74) is 4.91. The van der Waals surface area contributed by atoms with Gasteiger partial charge in [-0.1, -0.05) is 11.6 Å². The van der Waals surface area contributed by atoms with E-state index in [0.29, 0.717) is 5.69 Å². The molecule has 0 aliphatic rings. The van der Waals surface area contributed by atoms with Crippen molar-refractivity contribution in [2.24, 2.45) is 0 Å². The van der Waals surface area contributed by atoms with Crippen LogP contribution in [0.5, 0.6) is 0 Å². The van der Waals surface area contributed by atoms with Crippen molar-refractivity contribution in [2.45, 2.75) is 20.8 Å². The average molecular weight is 196 g/mol. The van der Waals surface area contributed by atoms with Gasteiger partial charge in [-0.3, -0.25) is 0 Å². The first kappa shape index (κ1) is 9.67. The lowest BCUT2D eigenvalue weighted by Gasteiger charge is -2.06. The minimum atomic E-state index is 0.493. The van der Waals surface area contributed by atoms with Gasteiger partial charge in [0.2, 0.25) is 0 Å². The van der Waals surface area contributed by atoms with E-state index in [1.54, 1.807) is 0 Å². The third-order valence-corrected chi connectivity index (χ3v) is 2.57. The van der Waals surface area contributed by atoms with Crippen LogP contribution in [0.25, 0.3) is 10.9 Å². The molecule has 0 atom stereocenters. The van der Waals surface area contributed by atoms with Crippen molar-refractivity contribution < 1.29 is 0 Å². The van der Waals surface area contributed by atoms with E-state index in [2.05, 4.69) is 30.1 Å². The molecule has 2 heteroatoms. The van der Waals surface area contributed by atoms with Gasteiger partial charge in [0.1, 0.15) is 11.8 Å². The first-order chi connectivity index (χ1) is 7.11. The summed E-state index contributed by atoms with van der Waals surface area (Å²) < 4.78 is 0. The molecule has 0 bridgehead atoms. The Hall–Kier alpha value is -1.88. The maximum Gasteiger partial charge on any atom is 0.141 e. The topological polar surface area (TPSA) is 36.7 Å². The largest absolute Gasteiger partial charge is 0.237 e. The lowest BCUT2D eigenvalue weighted by Crippen LogP contribution is -1.91. The van der Waals surface area contributed by atoms with Gasteiger partial charge in [-0.15, -0.1) is 0 Å². The fraction of sp³-hybridized carbons (Fsp3) is 0.231. The van der Waals surface area contributed by atoms with Crippen LogP contribution >= 0.6 is 0 Å². The Balaban J connectivity index is 2.93. The van der Waals surface area contributed by atoms with Crippen LogP contribution in [0.2, 0.25) is 0 Å². The SMILES string of the molecule is Cc1cc(C)c2nc(C#N)cc(C)c2c1. The van der Waals surface area contributed by atoms with Crippen LogP contribution in [0.3, 0.4) is 0 Å². The molecule has 0 aliphatic carbocycles. The lowest BCUT2D eigenvalue weighted by molar-refractivity contribution is 1.27. The van der Waals surface area contributed by atoms with Crippen molar-refractivity contribution in [1.29, 1.82) is 5.26 Å². The zero-order valence-electron chi connectivity index (χ0n) is 9.13. The van der Waals surface area contributed by atoms with Gasteiger partial charge in [-0.25, -0.2) is 4.98 Å². The van der Waals surface area contributed by atoms with Gasteiger partial charge in [0.15, 0.2) is 0 Å². The Bertz CT molecular complexity index is 577. The molecule has 1 heterocycles. The second-order valence-electron chi connectivity index (χ2n) is 3.91. The summed E-state index contributed by atoms with van der Waals surface area (Å²) in [7, 11) is 0. The van der Waals surface area contributed by atoms with Crippen molar-refractivity contribution in [3.63, 3.8) is 0 Å². The molecule has 0 fully saturated rings. The smallest absolute Gasteiger partial charge is 0.141 e. The molecule has 2 aromatic rings. The molecule has 0 saturated heterocycles. The first-order valence-corrected chi connectivity index (χ1v) is 4.90. The van der Waals surface area contributed by atoms with Gasteiger partial charge in [0.25, 0.3) is 0 Å². The van der Waals surface area contributed by atoms with E-state index in [4.69, 9.17) is 5.26 Å². The standard InChI is InChI=1S/C13H12N2/c1-8-4-10(3)13-12(5-8)9(2)6-11(7-14)15-13/h4-6H,1-3H3. The second kappa shape index (κ2) is 3.36. The summed E-state index contributed by atoms with van der Waals surface area (Å²) in [6.07, 6.45) is 0. The molecular weight excluding hydrogens is 184 g/mol. The third kappa shape index (κ3) is 1.57. The molecule has 74 valence electrons. The quantitative estimate of drug-likeness (QED) is 0.649. The Kier molecular flexibility index (Phi) is 2.17. The normalized spacial score (nSPS) is 10.3. The van der Waals surface area contributed by atoms with E-state index in [-0.39, 0.29) is 0 Å². The number of aryl methyl sites for hydroxylation is 3. The molecule has 0 N–H and O–H groups in total. The predicted octanol–water partition coefficient (Wildman–Crippen LogP) is 3.03. The van der Waals surface area contributed by atoms with Gasteiger partial charge in [0.05, 0.1) is 5.52 Å². The minimum absolute atomic E-state index is 0.493. The molecule has 2 rings (SSSR count). The van der Waals surface area contributed by atoms with Gasteiger partial charge in [-0.2, -0.15) is 5.26 Å². The highest BCUT2D eigenvalue weighted by molar-refractivity contribution is 5.86. The zero-order valence-corrected chi connectivity index (χ0v) is 9.13.